The molecular weight excluding hydrogens is 202 g/mol. The smallest absolute Gasteiger partial charge is 0.250 e. The molecule has 0 aromatic rings. The Morgan fingerprint density at radius 3 is 2.29 bits per heavy atom. The van der Waals surface area contributed by atoms with Crippen LogP contribution in [0.3, 0.4) is 0 Å². The molecule has 0 aliphatic heterocycles. The van der Waals surface area contributed by atoms with E-state index in [0.717, 1.165) is 12.5 Å². The van der Waals surface area contributed by atoms with E-state index in [1.54, 1.807) is 0 Å². The Morgan fingerprint density at radius 2 is 1.86 bits per heavy atom. The molecule has 0 saturated carbocycles. The van der Waals surface area contributed by atoms with E-state index in [1.807, 2.05) is 0 Å². The van der Waals surface area contributed by atoms with E-state index in [1.165, 1.54) is 27.4 Å². The quantitative estimate of drug-likeness (QED) is 0.194. The molecular formula is C8H15NO4Si. The van der Waals surface area contributed by atoms with E-state index in [0.29, 0.717) is 16.1 Å². The van der Waals surface area contributed by atoms with Crippen molar-refractivity contribution in [2.24, 2.45) is 4.99 Å². The van der Waals surface area contributed by atoms with Gasteiger partial charge in [0.1, 0.15) is 0 Å². The van der Waals surface area contributed by atoms with Crippen molar-refractivity contribution in [1.29, 1.82) is 0 Å². The second-order valence-electron chi connectivity index (χ2n) is 2.42. The first-order valence-corrected chi connectivity index (χ1v) is 5.39. The molecule has 0 saturated heterocycles. The summed E-state index contributed by atoms with van der Waals surface area (Å²) in [5, 5.41) is 0. The minimum atomic E-state index is -0.940. The summed E-state index contributed by atoms with van der Waals surface area (Å²) < 4.78 is 15.3. The number of hydrogen-bond donors (Lipinski definition) is 0. The van der Waals surface area contributed by atoms with Crippen molar-refractivity contribution in [2.45, 2.75) is 18.1 Å². The third-order valence-electron chi connectivity index (χ3n) is 1.66. The summed E-state index contributed by atoms with van der Waals surface area (Å²) in [5.74, 6) is 0. The normalized spacial score (nSPS) is 11.1. The number of ether oxygens (including phenoxy) is 3. The molecule has 0 aliphatic rings. The first kappa shape index (κ1) is 13.5. The third kappa shape index (κ3) is 4.64. The number of carbonyl (C=O) groups excluding carboxylic acids is 1. The van der Waals surface area contributed by atoms with Crippen molar-refractivity contribution >= 4 is 15.6 Å². The average molecular weight is 217 g/mol. The number of hydrogen-bond acceptors (Lipinski definition) is 5. The fourth-order valence-electron chi connectivity index (χ4n) is 0.912. The van der Waals surface area contributed by atoms with Gasteiger partial charge in [0.2, 0.25) is 6.08 Å². The summed E-state index contributed by atoms with van der Waals surface area (Å²) in [7, 11) is 4.94. The summed E-state index contributed by atoms with van der Waals surface area (Å²) in [6.45, 7) is 0.490. The van der Waals surface area contributed by atoms with Crippen LogP contribution in [0.1, 0.15) is 6.42 Å². The second-order valence-corrected chi connectivity index (χ2v) is 3.89. The van der Waals surface area contributed by atoms with Crippen LogP contribution in [0.25, 0.3) is 0 Å². The largest absolute Gasteiger partial charge is 0.335 e. The molecule has 6 heteroatoms. The fraction of sp³-hybridized carbons (Fsp3) is 0.875. The highest BCUT2D eigenvalue weighted by atomic mass is 28.2. The zero-order valence-electron chi connectivity index (χ0n) is 8.70. The Labute approximate surface area is 86.3 Å². The van der Waals surface area contributed by atoms with Crippen molar-refractivity contribution in [3.63, 3.8) is 0 Å². The number of nitrogens with zero attached hydrogens (tertiary/aromatic N) is 1. The molecule has 0 unspecified atom stereocenters. The van der Waals surface area contributed by atoms with E-state index in [-0.39, 0.29) is 0 Å². The maximum absolute atomic E-state index is 9.77. The maximum Gasteiger partial charge on any atom is 0.250 e. The lowest BCUT2D eigenvalue weighted by molar-refractivity contribution is -0.294. The van der Waals surface area contributed by atoms with Gasteiger partial charge >= 0.3 is 0 Å². The number of aliphatic imine (C=N–C) groups is 1. The van der Waals surface area contributed by atoms with Crippen molar-refractivity contribution in [3.05, 3.63) is 0 Å². The standard InChI is InChI=1S/C8H15NO4Si/c1-11-8(12-2,13-3)14-6-4-5-9-7-10/h4-6H2,1-3H3. The van der Waals surface area contributed by atoms with Gasteiger partial charge in [0.25, 0.3) is 5.60 Å². The topological polar surface area (TPSA) is 57.1 Å². The highest BCUT2D eigenvalue weighted by molar-refractivity contribution is 6.38. The van der Waals surface area contributed by atoms with Crippen LogP contribution in [0.5, 0.6) is 0 Å². The van der Waals surface area contributed by atoms with Gasteiger partial charge in [-0.1, -0.05) is 6.04 Å². The van der Waals surface area contributed by atoms with Gasteiger partial charge < -0.3 is 14.2 Å². The molecule has 0 amide bonds. The fourth-order valence-corrected chi connectivity index (χ4v) is 1.99. The number of methoxy groups -OCH3 is 3. The Morgan fingerprint density at radius 1 is 1.29 bits per heavy atom. The minimum absolute atomic E-state index is 0.348. The molecule has 0 fully saturated rings. The zero-order chi connectivity index (χ0) is 10.9. The molecule has 0 aliphatic carbocycles. The lowest BCUT2D eigenvalue weighted by Gasteiger charge is -2.28. The van der Waals surface area contributed by atoms with Crippen LogP contribution in [0.2, 0.25) is 6.04 Å². The monoisotopic (exact) mass is 217 g/mol. The Kier molecular flexibility index (Phi) is 7.55. The molecule has 2 radical (unpaired) electrons. The van der Waals surface area contributed by atoms with Gasteiger partial charge in [-0.05, 0) is 6.42 Å². The minimum Gasteiger partial charge on any atom is -0.335 e. The van der Waals surface area contributed by atoms with Crippen LogP contribution in [-0.2, 0) is 19.0 Å². The van der Waals surface area contributed by atoms with Gasteiger partial charge in [0, 0.05) is 21.3 Å². The molecule has 0 bridgehead atoms. The van der Waals surface area contributed by atoms with Crippen molar-refractivity contribution in [3.8, 4) is 0 Å². The number of isocyanates is 1. The van der Waals surface area contributed by atoms with Crippen LogP contribution in [0, 0.1) is 0 Å². The molecule has 0 heterocycles. The van der Waals surface area contributed by atoms with Gasteiger partial charge in [0.05, 0.1) is 6.54 Å². The predicted octanol–water partition coefficient (Wildman–Crippen LogP) is 0.385. The maximum atomic E-state index is 9.77. The molecule has 0 N–H and O–H groups in total. The molecule has 5 nitrogen and oxygen atoms in total. The molecule has 14 heavy (non-hydrogen) atoms. The lowest BCUT2D eigenvalue weighted by atomic mass is 10.5. The summed E-state index contributed by atoms with van der Waals surface area (Å²) in [6.07, 6.45) is 2.29. The summed E-state index contributed by atoms with van der Waals surface area (Å²) >= 11 is 0. The van der Waals surface area contributed by atoms with Gasteiger partial charge in [-0.3, -0.25) is 0 Å². The van der Waals surface area contributed by atoms with Gasteiger partial charge in [-0.25, -0.2) is 9.79 Å². The van der Waals surface area contributed by atoms with Gasteiger partial charge in [-0.15, -0.1) is 0 Å². The summed E-state index contributed by atoms with van der Waals surface area (Å²) in [4.78, 5) is 13.2. The Hall–Kier alpha value is -0.523. The van der Waals surface area contributed by atoms with Crippen molar-refractivity contribution in [1.82, 2.24) is 0 Å². The first-order valence-electron chi connectivity index (χ1n) is 4.18. The Bertz CT molecular complexity index is 182. The molecule has 0 spiro atoms. The summed E-state index contributed by atoms with van der Waals surface area (Å²) in [5.41, 5.74) is -0.940. The molecule has 0 rings (SSSR count). The highest BCUT2D eigenvalue weighted by Crippen LogP contribution is 2.12. The van der Waals surface area contributed by atoms with E-state index in [4.69, 9.17) is 14.2 Å². The Balaban J connectivity index is 3.76. The van der Waals surface area contributed by atoms with Crippen LogP contribution < -0.4 is 0 Å². The zero-order valence-corrected chi connectivity index (χ0v) is 9.70. The predicted molar refractivity (Wildman–Crippen MR) is 51.9 cm³/mol. The van der Waals surface area contributed by atoms with Crippen LogP contribution in [-0.4, -0.2) is 49.1 Å². The van der Waals surface area contributed by atoms with Gasteiger partial charge in [-0.2, -0.15) is 0 Å². The highest BCUT2D eigenvalue weighted by Gasteiger charge is 2.28. The van der Waals surface area contributed by atoms with E-state index in [9.17, 15) is 4.79 Å². The average Bonchev–Trinajstić information content (AvgIpc) is 2.24. The van der Waals surface area contributed by atoms with E-state index >= 15 is 0 Å². The van der Waals surface area contributed by atoms with E-state index < -0.39 is 5.60 Å². The molecule has 0 aromatic heterocycles. The van der Waals surface area contributed by atoms with Crippen molar-refractivity contribution < 1.29 is 19.0 Å². The molecule has 0 atom stereocenters. The first-order chi connectivity index (χ1) is 6.74. The SMILES string of the molecule is COC(OC)(OC)[Si]CCCN=C=O. The third-order valence-corrected chi connectivity index (χ3v) is 3.31. The van der Waals surface area contributed by atoms with Crippen LogP contribution >= 0.6 is 0 Å². The van der Waals surface area contributed by atoms with Crippen molar-refractivity contribution in [2.75, 3.05) is 27.9 Å². The van der Waals surface area contributed by atoms with Gasteiger partial charge in [0.15, 0.2) is 9.52 Å². The molecule has 80 valence electrons. The van der Waals surface area contributed by atoms with Crippen LogP contribution in [0.4, 0.5) is 0 Å². The lowest BCUT2D eigenvalue weighted by Crippen LogP contribution is -2.42. The van der Waals surface area contributed by atoms with E-state index in [2.05, 4.69) is 4.99 Å². The molecule has 0 aromatic carbocycles. The summed E-state index contributed by atoms with van der Waals surface area (Å²) in [6, 6.07) is 0.834. The van der Waals surface area contributed by atoms with Crippen LogP contribution in [0.15, 0.2) is 4.99 Å². The second kappa shape index (κ2) is 7.84. The number of rotatable bonds is 8.